The van der Waals surface area contributed by atoms with E-state index in [0.29, 0.717) is 30.7 Å². The Morgan fingerprint density at radius 2 is 2.00 bits per heavy atom. The minimum Gasteiger partial charge on any atom is -0.480 e. The number of hydrogen-bond acceptors (Lipinski definition) is 5. The van der Waals surface area contributed by atoms with Crippen LogP contribution in [-0.2, 0) is 16.1 Å². The molecule has 1 aromatic carbocycles. The van der Waals surface area contributed by atoms with Gasteiger partial charge in [-0.25, -0.2) is 4.79 Å². The number of carbonyl (C=O) groups excluding carboxylic acids is 1. The van der Waals surface area contributed by atoms with Crippen LogP contribution in [0.2, 0.25) is 0 Å². The zero-order chi connectivity index (χ0) is 22.9. The summed E-state index contributed by atoms with van der Waals surface area (Å²) in [7, 11) is 0. The first-order valence-corrected chi connectivity index (χ1v) is 11.8. The van der Waals surface area contributed by atoms with Gasteiger partial charge in [0.05, 0.1) is 5.69 Å². The number of carboxylic acids is 1. The van der Waals surface area contributed by atoms with Gasteiger partial charge in [-0.15, -0.1) is 0 Å². The number of amides is 1. The van der Waals surface area contributed by atoms with Crippen LogP contribution in [0.1, 0.15) is 29.7 Å². The number of aliphatic carboxylic acids is 1. The lowest BCUT2D eigenvalue weighted by atomic mass is 9.87. The quantitative estimate of drug-likeness (QED) is 0.540. The predicted octanol–water partition coefficient (Wildman–Crippen LogP) is 3.66. The molecule has 1 amide bonds. The fourth-order valence-corrected chi connectivity index (χ4v) is 3.99. The van der Waals surface area contributed by atoms with Gasteiger partial charge in [-0.2, -0.15) is 11.8 Å². The Kier molecular flexibility index (Phi) is 8.41. The summed E-state index contributed by atoms with van der Waals surface area (Å²) < 4.78 is 0. The third-order valence-electron chi connectivity index (χ3n) is 5.22. The summed E-state index contributed by atoms with van der Waals surface area (Å²) in [5.41, 5.74) is 10.8. The van der Waals surface area contributed by atoms with Crippen molar-refractivity contribution in [1.29, 1.82) is 0 Å². The van der Waals surface area contributed by atoms with Crippen molar-refractivity contribution >= 4 is 35.3 Å². The van der Waals surface area contributed by atoms with E-state index in [-0.39, 0.29) is 5.91 Å². The van der Waals surface area contributed by atoms with Crippen LogP contribution in [0.4, 0.5) is 0 Å². The molecule has 4 N–H and O–H groups in total. The summed E-state index contributed by atoms with van der Waals surface area (Å²) in [6.07, 6.45) is 10.1. The molecule has 0 radical (unpaired) electrons. The van der Waals surface area contributed by atoms with Gasteiger partial charge in [0.25, 0.3) is 5.91 Å². The number of hydrogen-bond donors (Lipinski definition) is 3. The summed E-state index contributed by atoms with van der Waals surface area (Å²) in [4.78, 5) is 29.1. The molecule has 1 atom stereocenters. The number of carbonyl (C=O) groups is 2. The molecule has 1 aliphatic rings. The second kappa shape index (κ2) is 11.5. The van der Waals surface area contributed by atoms with Crippen LogP contribution in [0.5, 0.6) is 0 Å². The summed E-state index contributed by atoms with van der Waals surface area (Å²) in [5.74, 6) is -0.759. The van der Waals surface area contributed by atoms with Crippen molar-refractivity contribution in [3.05, 3.63) is 88.8 Å². The van der Waals surface area contributed by atoms with Crippen molar-refractivity contribution in [3.63, 3.8) is 0 Å². The topological polar surface area (TPSA) is 105 Å². The number of aromatic nitrogens is 1. The van der Waals surface area contributed by atoms with Gasteiger partial charge in [0.15, 0.2) is 0 Å². The second-order valence-electron chi connectivity index (χ2n) is 7.39. The van der Waals surface area contributed by atoms with Crippen molar-refractivity contribution in [2.45, 2.75) is 25.4 Å². The van der Waals surface area contributed by atoms with Crippen molar-refractivity contribution in [3.8, 4) is 0 Å². The summed E-state index contributed by atoms with van der Waals surface area (Å²) in [6, 6.07) is 12.5. The van der Waals surface area contributed by atoms with E-state index in [9.17, 15) is 14.7 Å². The molecule has 0 saturated heterocycles. The Bertz CT molecular complexity index is 1060. The Morgan fingerprint density at radius 1 is 1.22 bits per heavy atom. The van der Waals surface area contributed by atoms with E-state index >= 15 is 0 Å². The SMILES string of the molecule is CSCC[C@H](NC(=O)C1=C(c2ccccc2)CC(=Cc2ncccc2CN)C=C1)C(=O)O. The van der Waals surface area contributed by atoms with Crippen LogP contribution >= 0.6 is 11.8 Å². The zero-order valence-corrected chi connectivity index (χ0v) is 18.8. The van der Waals surface area contributed by atoms with E-state index in [1.807, 2.05) is 60.9 Å². The van der Waals surface area contributed by atoms with Crippen molar-refractivity contribution < 1.29 is 14.7 Å². The number of allylic oxidation sites excluding steroid dienone is 3. The van der Waals surface area contributed by atoms with Crippen molar-refractivity contribution in [2.24, 2.45) is 5.73 Å². The lowest BCUT2D eigenvalue weighted by Crippen LogP contribution is -2.42. The number of pyridine rings is 1. The fourth-order valence-electron chi connectivity index (χ4n) is 3.52. The molecule has 1 heterocycles. The standard InChI is InChI=1S/C25H27N3O3S/c1-32-13-11-22(25(30)31)28-24(29)20-10-9-17(14-21(20)18-6-3-2-4-7-18)15-23-19(16-26)8-5-12-27-23/h2-10,12,15,22H,11,13-14,16,26H2,1H3,(H,28,29)(H,30,31)/t22-/m0/s1. The number of nitrogens with two attached hydrogens (primary N) is 1. The summed E-state index contributed by atoms with van der Waals surface area (Å²) in [6.45, 7) is 0.387. The molecule has 1 aromatic heterocycles. The lowest BCUT2D eigenvalue weighted by Gasteiger charge is -2.20. The van der Waals surface area contributed by atoms with Gasteiger partial charge in [0.1, 0.15) is 6.04 Å². The summed E-state index contributed by atoms with van der Waals surface area (Å²) >= 11 is 1.55. The smallest absolute Gasteiger partial charge is 0.326 e. The number of nitrogens with one attached hydrogen (secondary N) is 1. The highest BCUT2D eigenvalue weighted by Gasteiger charge is 2.24. The summed E-state index contributed by atoms with van der Waals surface area (Å²) in [5, 5.41) is 12.2. The van der Waals surface area contributed by atoms with Crippen molar-refractivity contribution in [1.82, 2.24) is 10.3 Å². The first kappa shape index (κ1) is 23.5. The molecule has 7 heteroatoms. The second-order valence-corrected chi connectivity index (χ2v) is 8.37. The van der Waals surface area contributed by atoms with Crippen LogP contribution in [0.25, 0.3) is 11.6 Å². The molecule has 0 saturated carbocycles. The minimum atomic E-state index is -1.03. The molecule has 0 aliphatic heterocycles. The van der Waals surface area contributed by atoms with Gasteiger partial charge < -0.3 is 16.2 Å². The number of nitrogens with zero attached hydrogens (tertiary/aromatic N) is 1. The highest BCUT2D eigenvalue weighted by Crippen LogP contribution is 2.32. The van der Waals surface area contributed by atoms with Gasteiger partial charge >= 0.3 is 5.97 Å². The van der Waals surface area contributed by atoms with Gasteiger partial charge in [-0.05, 0) is 65.3 Å². The van der Waals surface area contributed by atoms with E-state index in [2.05, 4.69) is 10.3 Å². The molecule has 0 spiro atoms. The normalized spacial score (nSPS) is 15.6. The molecule has 166 valence electrons. The van der Waals surface area contributed by atoms with Gasteiger partial charge in [-0.3, -0.25) is 9.78 Å². The molecule has 2 aromatic rings. The average molecular weight is 450 g/mol. The maximum absolute atomic E-state index is 13.1. The molecule has 6 nitrogen and oxygen atoms in total. The highest BCUT2D eigenvalue weighted by atomic mass is 32.2. The van der Waals surface area contributed by atoms with Crippen LogP contribution in [0.3, 0.4) is 0 Å². The zero-order valence-electron chi connectivity index (χ0n) is 18.0. The predicted molar refractivity (Wildman–Crippen MR) is 130 cm³/mol. The largest absolute Gasteiger partial charge is 0.480 e. The fraction of sp³-hybridized carbons (Fsp3) is 0.240. The number of benzene rings is 1. The van der Waals surface area contributed by atoms with Gasteiger partial charge in [-0.1, -0.05) is 42.5 Å². The maximum atomic E-state index is 13.1. The van der Waals surface area contributed by atoms with Crippen molar-refractivity contribution in [2.75, 3.05) is 12.0 Å². The number of rotatable bonds is 9. The Hall–Kier alpha value is -3.16. The van der Waals surface area contributed by atoms with E-state index in [4.69, 9.17) is 5.73 Å². The first-order valence-electron chi connectivity index (χ1n) is 10.4. The van der Waals surface area contributed by atoms with E-state index in [1.54, 1.807) is 24.0 Å². The third kappa shape index (κ3) is 5.96. The average Bonchev–Trinajstić information content (AvgIpc) is 2.82. The number of carboxylic acid groups (broad SMARTS) is 1. The van der Waals surface area contributed by atoms with E-state index < -0.39 is 12.0 Å². The van der Waals surface area contributed by atoms with Crippen LogP contribution in [0.15, 0.2) is 72.0 Å². The van der Waals surface area contributed by atoms with Gasteiger partial charge in [0, 0.05) is 18.3 Å². The van der Waals surface area contributed by atoms with Crippen LogP contribution < -0.4 is 11.1 Å². The molecular formula is C25H27N3O3S. The Morgan fingerprint density at radius 3 is 2.69 bits per heavy atom. The number of thioether (sulfide) groups is 1. The van der Waals surface area contributed by atoms with Gasteiger partial charge in [0.2, 0.25) is 0 Å². The maximum Gasteiger partial charge on any atom is 0.326 e. The molecule has 1 aliphatic carbocycles. The first-order chi connectivity index (χ1) is 15.5. The van der Waals surface area contributed by atoms with E-state index in [0.717, 1.165) is 28.0 Å². The molecule has 0 bridgehead atoms. The Balaban J connectivity index is 1.94. The lowest BCUT2D eigenvalue weighted by molar-refractivity contribution is -0.141. The third-order valence-corrected chi connectivity index (χ3v) is 5.86. The highest BCUT2D eigenvalue weighted by molar-refractivity contribution is 7.98. The molecule has 32 heavy (non-hydrogen) atoms. The van der Waals surface area contributed by atoms with Crippen LogP contribution in [0, 0.1) is 0 Å². The van der Waals surface area contributed by atoms with Crippen LogP contribution in [-0.4, -0.2) is 40.0 Å². The minimum absolute atomic E-state index is 0.368. The Labute approximate surface area is 192 Å². The molecular weight excluding hydrogens is 422 g/mol. The molecule has 0 unspecified atom stereocenters. The monoisotopic (exact) mass is 449 g/mol. The van der Waals surface area contributed by atoms with E-state index in [1.165, 1.54) is 0 Å². The molecule has 3 rings (SSSR count). The molecule has 0 fully saturated rings.